The molecular weight excluding hydrogens is 276 g/mol. The minimum Gasteiger partial charge on any atom is -0.368 e. The summed E-state index contributed by atoms with van der Waals surface area (Å²) in [6, 6.07) is 10.8. The van der Waals surface area contributed by atoms with Crippen LogP contribution >= 0.6 is 0 Å². The Labute approximate surface area is 133 Å². The Morgan fingerprint density at radius 2 is 2.00 bits per heavy atom. The molecule has 120 valence electrons. The van der Waals surface area contributed by atoms with Crippen molar-refractivity contribution in [2.45, 2.75) is 44.9 Å². The number of benzene rings is 1. The predicted molar refractivity (Wildman–Crippen MR) is 86.6 cm³/mol. The van der Waals surface area contributed by atoms with Crippen LogP contribution in [-0.4, -0.2) is 54.0 Å². The lowest BCUT2D eigenvalue weighted by Gasteiger charge is -2.37. The summed E-state index contributed by atoms with van der Waals surface area (Å²) >= 11 is 0. The van der Waals surface area contributed by atoms with Gasteiger partial charge in [-0.15, -0.1) is 0 Å². The van der Waals surface area contributed by atoms with Crippen LogP contribution < -0.4 is 0 Å². The highest BCUT2D eigenvalue weighted by Crippen LogP contribution is 2.28. The van der Waals surface area contributed by atoms with Gasteiger partial charge in [-0.3, -0.25) is 9.69 Å². The summed E-state index contributed by atoms with van der Waals surface area (Å²) in [7, 11) is 0. The van der Waals surface area contributed by atoms with Gasteiger partial charge in [-0.25, -0.2) is 0 Å². The summed E-state index contributed by atoms with van der Waals surface area (Å²) in [6.45, 7) is 7.13. The Morgan fingerprint density at radius 1 is 1.27 bits per heavy atom. The van der Waals surface area contributed by atoms with Crippen LogP contribution in [-0.2, 0) is 9.53 Å². The lowest BCUT2D eigenvalue weighted by atomic mass is 10.1. The van der Waals surface area contributed by atoms with Crippen LogP contribution in [0.3, 0.4) is 0 Å². The van der Waals surface area contributed by atoms with Crippen molar-refractivity contribution in [1.29, 1.82) is 0 Å². The summed E-state index contributed by atoms with van der Waals surface area (Å²) in [5.41, 5.74) is 1.20. The molecule has 2 fully saturated rings. The molecule has 0 aromatic heterocycles. The third kappa shape index (κ3) is 3.68. The van der Waals surface area contributed by atoms with E-state index in [0.717, 1.165) is 19.6 Å². The second-order valence-corrected chi connectivity index (χ2v) is 6.45. The highest BCUT2D eigenvalue weighted by Gasteiger charge is 2.33. The van der Waals surface area contributed by atoms with Crippen LogP contribution in [0.5, 0.6) is 0 Å². The summed E-state index contributed by atoms with van der Waals surface area (Å²) in [6.07, 6.45) is 2.56. The first-order valence-corrected chi connectivity index (χ1v) is 8.39. The number of morpholine rings is 1. The maximum absolute atomic E-state index is 12.5. The second-order valence-electron chi connectivity index (χ2n) is 6.45. The molecule has 0 radical (unpaired) electrons. The lowest BCUT2D eigenvalue weighted by molar-refractivity contribution is -0.137. The molecule has 1 aliphatic heterocycles. The normalized spacial score (nSPS) is 25.9. The summed E-state index contributed by atoms with van der Waals surface area (Å²) in [5, 5.41) is 0. The van der Waals surface area contributed by atoms with Crippen molar-refractivity contribution >= 4 is 5.91 Å². The Balaban J connectivity index is 1.62. The fourth-order valence-electron chi connectivity index (χ4n) is 3.33. The summed E-state index contributed by atoms with van der Waals surface area (Å²) < 4.78 is 6.06. The molecular formula is C18H26N2O2. The van der Waals surface area contributed by atoms with Crippen LogP contribution in [0.4, 0.5) is 0 Å². The van der Waals surface area contributed by atoms with E-state index in [4.69, 9.17) is 4.74 Å². The highest BCUT2D eigenvalue weighted by atomic mass is 16.5. The minimum absolute atomic E-state index is 0.0637. The minimum atomic E-state index is 0.0637. The van der Waals surface area contributed by atoms with E-state index >= 15 is 0 Å². The number of hydrogen-bond donors (Lipinski definition) is 0. The molecule has 3 rings (SSSR count). The van der Waals surface area contributed by atoms with Crippen molar-refractivity contribution in [1.82, 2.24) is 9.80 Å². The van der Waals surface area contributed by atoms with Crippen LogP contribution in [0, 0.1) is 0 Å². The number of carbonyl (C=O) groups is 1. The number of carbonyl (C=O) groups excluding carboxylic acids is 1. The van der Waals surface area contributed by atoms with Gasteiger partial charge in [-0.2, -0.15) is 0 Å². The maximum atomic E-state index is 12.5. The van der Waals surface area contributed by atoms with Crippen molar-refractivity contribution in [2.75, 3.05) is 26.2 Å². The molecule has 2 atom stereocenters. The average molecular weight is 302 g/mol. The molecule has 22 heavy (non-hydrogen) atoms. The smallest absolute Gasteiger partial charge is 0.236 e. The van der Waals surface area contributed by atoms with Crippen LogP contribution in [0.1, 0.15) is 38.4 Å². The van der Waals surface area contributed by atoms with Crippen molar-refractivity contribution in [3.05, 3.63) is 35.9 Å². The molecule has 2 aliphatic rings. The molecule has 0 N–H and O–H groups in total. The quantitative estimate of drug-likeness (QED) is 0.837. The largest absolute Gasteiger partial charge is 0.368 e. The number of nitrogens with zero attached hydrogens (tertiary/aromatic N) is 2. The first-order valence-electron chi connectivity index (χ1n) is 8.39. The summed E-state index contributed by atoms with van der Waals surface area (Å²) in [4.78, 5) is 16.8. The van der Waals surface area contributed by atoms with E-state index in [1.54, 1.807) is 0 Å². The molecule has 1 saturated carbocycles. The summed E-state index contributed by atoms with van der Waals surface area (Å²) in [5.74, 6) is 0.269. The zero-order valence-corrected chi connectivity index (χ0v) is 13.6. The first-order chi connectivity index (χ1) is 10.7. The topological polar surface area (TPSA) is 32.8 Å². The van der Waals surface area contributed by atoms with Gasteiger partial charge >= 0.3 is 0 Å². The lowest BCUT2D eigenvalue weighted by Crippen LogP contribution is -2.48. The predicted octanol–water partition coefficient (Wildman–Crippen LogP) is 2.46. The molecule has 1 saturated heterocycles. The van der Waals surface area contributed by atoms with Crippen molar-refractivity contribution in [3.63, 3.8) is 0 Å². The molecule has 1 heterocycles. The first kappa shape index (κ1) is 15.5. The average Bonchev–Trinajstić information content (AvgIpc) is 3.33. The standard InChI is InChI=1S/C18H26N2O2/c1-3-20(16-9-10-16)18(21)13-19-11-14(2)22-17(12-19)15-7-5-4-6-8-15/h4-8,14,16-17H,3,9-13H2,1-2H3/t14-,17+/m0/s1. The van der Waals surface area contributed by atoms with Gasteiger partial charge in [0.1, 0.15) is 0 Å². The Kier molecular flexibility index (Phi) is 4.79. The second kappa shape index (κ2) is 6.80. The van der Waals surface area contributed by atoms with Gasteiger partial charge in [0.2, 0.25) is 5.91 Å². The monoisotopic (exact) mass is 302 g/mol. The molecule has 4 heteroatoms. The van der Waals surface area contributed by atoms with E-state index < -0.39 is 0 Å². The number of ether oxygens (including phenoxy) is 1. The van der Waals surface area contributed by atoms with Gasteiger partial charge in [0.25, 0.3) is 0 Å². The Morgan fingerprint density at radius 3 is 2.64 bits per heavy atom. The fraction of sp³-hybridized carbons (Fsp3) is 0.611. The van der Waals surface area contributed by atoms with Crippen molar-refractivity contribution in [2.24, 2.45) is 0 Å². The number of rotatable bonds is 5. The molecule has 4 nitrogen and oxygen atoms in total. The van der Waals surface area contributed by atoms with E-state index in [-0.39, 0.29) is 18.1 Å². The molecule has 1 aliphatic carbocycles. The molecule has 1 aromatic rings. The third-order valence-electron chi connectivity index (χ3n) is 4.51. The van der Waals surface area contributed by atoms with E-state index in [1.165, 1.54) is 18.4 Å². The molecule has 1 amide bonds. The van der Waals surface area contributed by atoms with E-state index in [0.29, 0.717) is 12.6 Å². The highest BCUT2D eigenvalue weighted by molar-refractivity contribution is 5.79. The van der Waals surface area contributed by atoms with Crippen LogP contribution in [0.25, 0.3) is 0 Å². The zero-order chi connectivity index (χ0) is 15.5. The van der Waals surface area contributed by atoms with Crippen LogP contribution in [0.2, 0.25) is 0 Å². The third-order valence-corrected chi connectivity index (χ3v) is 4.51. The van der Waals surface area contributed by atoms with Gasteiger partial charge in [0.05, 0.1) is 18.8 Å². The fourth-order valence-corrected chi connectivity index (χ4v) is 3.33. The van der Waals surface area contributed by atoms with Gasteiger partial charge in [0, 0.05) is 25.7 Å². The van der Waals surface area contributed by atoms with Crippen LogP contribution in [0.15, 0.2) is 30.3 Å². The molecule has 0 unspecified atom stereocenters. The van der Waals surface area contributed by atoms with E-state index in [2.05, 4.69) is 30.9 Å². The van der Waals surface area contributed by atoms with Gasteiger partial charge in [-0.1, -0.05) is 30.3 Å². The van der Waals surface area contributed by atoms with E-state index in [9.17, 15) is 4.79 Å². The van der Waals surface area contributed by atoms with E-state index in [1.807, 2.05) is 23.1 Å². The molecule has 1 aromatic carbocycles. The Bertz CT molecular complexity index is 501. The zero-order valence-electron chi connectivity index (χ0n) is 13.6. The van der Waals surface area contributed by atoms with Gasteiger partial charge < -0.3 is 9.64 Å². The number of amides is 1. The maximum Gasteiger partial charge on any atom is 0.236 e. The van der Waals surface area contributed by atoms with Gasteiger partial charge in [0.15, 0.2) is 0 Å². The molecule has 0 bridgehead atoms. The molecule has 0 spiro atoms. The van der Waals surface area contributed by atoms with Crippen molar-refractivity contribution < 1.29 is 9.53 Å². The number of hydrogen-bond acceptors (Lipinski definition) is 3. The van der Waals surface area contributed by atoms with Crippen molar-refractivity contribution in [3.8, 4) is 0 Å². The Hall–Kier alpha value is -1.39. The number of likely N-dealkylation sites (N-methyl/N-ethyl adjacent to an activating group) is 1. The van der Waals surface area contributed by atoms with Gasteiger partial charge in [-0.05, 0) is 32.3 Å². The SMILES string of the molecule is CCN(C(=O)CN1C[C@H](C)O[C@@H](c2ccccc2)C1)C1CC1.